The molecular weight excluding hydrogens is 256 g/mol. The van der Waals surface area contributed by atoms with Crippen LogP contribution in [0.1, 0.15) is 36.8 Å². The summed E-state index contributed by atoms with van der Waals surface area (Å²) in [6.45, 7) is 0. The van der Waals surface area contributed by atoms with Crippen LogP contribution in [-0.2, 0) is 6.42 Å². The highest BCUT2D eigenvalue weighted by atomic mass is 14.9. The third kappa shape index (κ3) is 2.25. The Kier molecular flexibility index (Phi) is 3.03. The number of nitrogens with zero attached hydrogens (tertiary/aromatic N) is 1. The summed E-state index contributed by atoms with van der Waals surface area (Å²) in [6.07, 6.45) is 6.00. The van der Waals surface area contributed by atoms with Gasteiger partial charge in [-0.25, -0.2) is 4.99 Å². The van der Waals surface area contributed by atoms with Crippen LogP contribution >= 0.6 is 0 Å². The second-order valence-electron chi connectivity index (χ2n) is 6.19. The largest absolute Gasteiger partial charge is 0.387 e. The highest BCUT2D eigenvalue weighted by Gasteiger charge is 2.20. The van der Waals surface area contributed by atoms with Gasteiger partial charge in [-0.1, -0.05) is 43.2 Å². The molecule has 2 aromatic rings. The normalized spacial score (nSPS) is 17.8. The van der Waals surface area contributed by atoms with Crippen LogP contribution in [0.25, 0.3) is 11.1 Å². The minimum absolute atomic E-state index is 0.496. The molecular formula is C19H20N2. The Hall–Kier alpha value is -2.09. The Morgan fingerprint density at radius 2 is 1.71 bits per heavy atom. The molecule has 1 saturated carbocycles. The zero-order valence-corrected chi connectivity index (χ0v) is 12.2. The molecule has 0 radical (unpaired) electrons. The molecule has 2 aliphatic carbocycles. The van der Waals surface area contributed by atoms with Crippen molar-refractivity contribution in [1.82, 2.24) is 0 Å². The van der Waals surface area contributed by atoms with Gasteiger partial charge in [0.25, 0.3) is 0 Å². The topological polar surface area (TPSA) is 38.4 Å². The lowest BCUT2D eigenvalue weighted by atomic mass is 10.1. The molecule has 0 amide bonds. The van der Waals surface area contributed by atoms with Crippen molar-refractivity contribution in [2.24, 2.45) is 16.6 Å². The van der Waals surface area contributed by atoms with Gasteiger partial charge in [-0.2, -0.15) is 0 Å². The first kappa shape index (κ1) is 12.6. The van der Waals surface area contributed by atoms with E-state index in [0.717, 1.165) is 17.9 Å². The number of hydrogen-bond acceptors (Lipinski definition) is 1. The number of aliphatic imine (C=N–C) groups is 1. The number of amidine groups is 1. The van der Waals surface area contributed by atoms with Crippen molar-refractivity contribution in [2.45, 2.75) is 32.1 Å². The molecule has 0 aromatic heterocycles. The average Bonchev–Trinajstić information content (AvgIpc) is 3.14. The predicted octanol–water partition coefficient (Wildman–Crippen LogP) is 4.44. The summed E-state index contributed by atoms with van der Waals surface area (Å²) in [5.41, 5.74) is 12.7. The van der Waals surface area contributed by atoms with Gasteiger partial charge in [-0.15, -0.1) is 0 Å². The molecule has 0 bridgehead atoms. The van der Waals surface area contributed by atoms with Gasteiger partial charge in [0, 0.05) is 5.92 Å². The fourth-order valence-electron chi connectivity index (χ4n) is 3.66. The molecule has 2 nitrogen and oxygen atoms in total. The van der Waals surface area contributed by atoms with E-state index < -0.39 is 0 Å². The average molecular weight is 276 g/mol. The van der Waals surface area contributed by atoms with Crippen LogP contribution in [0.15, 0.2) is 47.5 Å². The van der Waals surface area contributed by atoms with Crippen molar-refractivity contribution in [3.8, 4) is 11.1 Å². The predicted molar refractivity (Wildman–Crippen MR) is 87.9 cm³/mol. The van der Waals surface area contributed by atoms with Crippen LogP contribution in [0.3, 0.4) is 0 Å². The number of hydrogen-bond donors (Lipinski definition) is 1. The minimum Gasteiger partial charge on any atom is -0.387 e. The lowest BCUT2D eigenvalue weighted by Gasteiger charge is -2.08. The Bertz CT molecular complexity index is 709. The molecule has 106 valence electrons. The lowest BCUT2D eigenvalue weighted by Crippen LogP contribution is -2.20. The molecule has 1 fully saturated rings. The maximum atomic E-state index is 6.19. The van der Waals surface area contributed by atoms with Crippen LogP contribution in [0, 0.1) is 5.92 Å². The van der Waals surface area contributed by atoms with Gasteiger partial charge in [0.05, 0.1) is 5.69 Å². The molecule has 0 aliphatic heterocycles. The maximum absolute atomic E-state index is 6.19. The standard InChI is InChI=1S/C19H20N2/c20-19(13-5-1-2-6-13)21-16-9-10-18-15(12-16)11-14-7-3-4-8-17(14)18/h3-4,7-10,12-13H,1-2,5-6,11H2,(H2,20,21). The van der Waals surface area contributed by atoms with E-state index in [4.69, 9.17) is 5.73 Å². The molecule has 0 atom stereocenters. The smallest absolute Gasteiger partial charge is 0.103 e. The van der Waals surface area contributed by atoms with E-state index in [1.54, 1.807) is 0 Å². The molecule has 0 heterocycles. The van der Waals surface area contributed by atoms with Gasteiger partial charge in [0.2, 0.25) is 0 Å². The first-order valence-electron chi connectivity index (χ1n) is 7.86. The van der Waals surface area contributed by atoms with Crippen molar-refractivity contribution >= 4 is 11.5 Å². The molecule has 2 aliphatic rings. The monoisotopic (exact) mass is 276 g/mol. The number of benzene rings is 2. The first-order chi connectivity index (χ1) is 10.3. The van der Waals surface area contributed by atoms with Crippen LogP contribution in [0.5, 0.6) is 0 Å². The molecule has 2 heteroatoms. The van der Waals surface area contributed by atoms with Gasteiger partial charge < -0.3 is 5.73 Å². The van der Waals surface area contributed by atoms with Crippen LogP contribution < -0.4 is 5.73 Å². The van der Waals surface area contributed by atoms with E-state index in [-0.39, 0.29) is 0 Å². The molecule has 4 rings (SSSR count). The van der Waals surface area contributed by atoms with E-state index >= 15 is 0 Å². The van der Waals surface area contributed by atoms with Crippen molar-refractivity contribution in [1.29, 1.82) is 0 Å². The summed E-state index contributed by atoms with van der Waals surface area (Å²) in [5.74, 6) is 1.32. The van der Waals surface area contributed by atoms with Crippen LogP contribution in [0.2, 0.25) is 0 Å². The fraction of sp³-hybridized carbons (Fsp3) is 0.316. The zero-order valence-electron chi connectivity index (χ0n) is 12.2. The molecule has 0 unspecified atom stereocenters. The highest BCUT2D eigenvalue weighted by Crippen LogP contribution is 2.38. The van der Waals surface area contributed by atoms with Gasteiger partial charge >= 0.3 is 0 Å². The number of fused-ring (bicyclic) bond motifs is 3. The van der Waals surface area contributed by atoms with Crippen LogP contribution in [0.4, 0.5) is 5.69 Å². The zero-order chi connectivity index (χ0) is 14.2. The first-order valence-corrected chi connectivity index (χ1v) is 7.86. The second-order valence-corrected chi connectivity index (χ2v) is 6.19. The van der Waals surface area contributed by atoms with Crippen molar-refractivity contribution < 1.29 is 0 Å². The van der Waals surface area contributed by atoms with E-state index in [1.807, 2.05) is 0 Å². The SMILES string of the molecule is NC(=Nc1ccc2c(c1)Cc1ccccc1-2)C1CCCC1. The van der Waals surface area contributed by atoms with Crippen molar-refractivity contribution in [3.05, 3.63) is 53.6 Å². The van der Waals surface area contributed by atoms with E-state index in [0.29, 0.717) is 5.92 Å². The second kappa shape index (κ2) is 5.03. The lowest BCUT2D eigenvalue weighted by molar-refractivity contribution is 0.722. The molecule has 2 N–H and O–H groups in total. The van der Waals surface area contributed by atoms with E-state index in [9.17, 15) is 0 Å². The number of nitrogens with two attached hydrogens (primary N) is 1. The van der Waals surface area contributed by atoms with Crippen molar-refractivity contribution in [2.75, 3.05) is 0 Å². The summed E-state index contributed by atoms with van der Waals surface area (Å²) in [6, 6.07) is 15.1. The molecule has 2 aromatic carbocycles. The summed E-state index contributed by atoms with van der Waals surface area (Å²) in [5, 5.41) is 0. The van der Waals surface area contributed by atoms with Gasteiger partial charge in [-0.05, 0) is 53.6 Å². The Labute approximate surface area is 125 Å². The van der Waals surface area contributed by atoms with E-state index in [1.165, 1.54) is 47.9 Å². The summed E-state index contributed by atoms with van der Waals surface area (Å²) >= 11 is 0. The minimum atomic E-state index is 0.496. The Morgan fingerprint density at radius 1 is 0.952 bits per heavy atom. The van der Waals surface area contributed by atoms with Gasteiger partial charge in [-0.3, -0.25) is 0 Å². The summed E-state index contributed by atoms with van der Waals surface area (Å²) in [4.78, 5) is 4.68. The maximum Gasteiger partial charge on any atom is 0.103 e. The Balaban J connectivity index is 1.65. The molecule has 21 heavy (non-hydrogen) atoms. The summed E-state index contributed by atoms with van der Waals surface area (Å²) in [7, 11) is 0. The molecule has 0 saturated heterocycles. The van der Waals surface area contributed by atoms with Crippen LogP contribution in [-0.4, -0.2) is 5.84 Å². The quantitative estimate of drug-likeness (QED) is 0.545. The van der Waals surface area contributed by atoms with Gasteiger partial charge in [0.15, 0.2) is 0 Å². The van der Waals surface area contributed by atoms with Gasteiger partial charge in [0.1, 0.15) is 5.84 Å². The summed E-state index contributed by atoms with van der Waals surface area (Å²) < 4.78 is 0. The molecule has 0 spiro atoms. The third-order valence-corrected chi connectivity index (χ3v) is 4.81. The fourth-order valence-corrected chi connectivity index (χ4v) is 3.66. The van der Waals surface area contributed by atoms with Crippen molar-refractivity contribution in [3.63, 3.8) is 0 Å². The Morgan fingerprint density at radius 3 is 2.57 bits per heavy atom. The third-order valence-electron chi connectivity index (χ3n) is 4.81. The van der Waals surface area contributed by atoms with E-state index in [2.05, 4.69) is 47.5 Å². The number of rotatable bonds is 2. The highest BCUT2D eigenvalue weighted by molar-refractivity contribution is 5.86.